The van der Waals surface area contributed by atoms with Crippen LogP contribution in [0.4, 0.5) is 0 Å². The lowest BCUT2D eigenvalue weighted by atomic mass is 10.2. The summed E-state index contributed by atoms with van der Waals surface area (Å²) in [7, 11) is 0. The number of hydrogen-bond donors (Lipinski definition) is 0. The van der Waals surface area contributed by atoms with Crippen LogP contribution in [0.1, 0.15) is 10.4 Å². The van der Waals surface area contributed by atoms with Gasteiger partial charge in [0.25, 0.3) is 0 Å². The molecule has 0 aromatic carbocycles. The lowest BCUT2D eigenvalue weighted by molar-refractivity contribution is 0.563. The monoisotopic (exact) mass is 167 g/mol. The average Bonchev–Trinajstić information content (AvgIpc) is 2.37. The first-order chi connectivity index (χ1) is 5.34. The number of carbonyl (C=O) groups excluding carboxylic acids is 1. The molecule has 0 unspecified atom stereocenters. The van der Waals surface area contributed by atoms with Crippen molar-refractivity contribution in [3.63, 3.8) is 0 Å². The van der Waals surface area contributed by atoms with Crippen molar-refractivity contribution in [3.8, 4) is 0 Å². The van der Waals surface area contributed by atoms with Crippen molar-refractivity contribution < 1.29 is 4.79 Å². The molecule has 3 heteroatoms. The van der Waals surface area contributed by atoms with Crippen LogP contribution in [0.3, 0.4) is 0 Å². The molecule has 0 bridgehead atoms. The summed E-state index contributed by atoms with van der Waals surface area (Å²) < 4.78 is 0. The van der Waals surface area contributed by atoms with Gasteiger partial charge in [-0.1, -0.05) is 0 Å². The molecule has 0 saturated carbocycles. The first kappa shape index (κ1) is 8.18. The highest BCUT2D eigenvalue weighted by Gasteiger charge is 1.97. The Kier molecular flexibility index (Phi) is 3.02. The van der Waals surface area contributed by atoms with Gasteiger partial charge < -0.3 is 0 Å². The number of hydrogen-bond acceptors (Lipinski definition) is 3. The number of aryl methyl sites for hydroxylation is 1. The highest BCUT2D eigenvalue weighted by atomic mass is 32.1. The maximum Gasteiger partial charge on any atom is 0.234 e. The summed E-state index contributed by atoms with van der Waals surface area (Å²) in [4.78, 5) is 14.5. The van der Waals surface area contributed by atoms with Crippen molar-refractivity contribution in [2.24, 2.45) is 4.99 Å². The highest BCUT2D eigenvalue weighted by molar-refractivity contribution is 7.10. The Balaban J connectivity index is 2.50. The van der Waals surface area contributed by atoms with E-state index >= 15 is 0 Å². The van der Waals surface area contributed by atoms with E-state index in [1.807, 2.05) is 0 Å². The molecule has 11 heavy (non-hydrogen) atoms. The maximum absolute atomic E-state index is 9.73. The van der Waals surface area contributed by atoms with Gasteiger partial charge in [0.2, 0.25) is 6.08 Å². The van der Waals surface area contributed by atoms with Gasteiger partial charge >= 0.3 is 0 Å². The van der Waals surface area contributed by atoms with Crippen molar-refractivity contribution in [1.82, 2.24) is 0 Å². The van der Waals surface area contributed by atoms with E-state index in [1.54, 1.807) is 11.3 Å². The van der Waals surface area contributed by atoms with E-state index in [0.717, 1.165) is 6.42 Å². The van der Waals surface area contributed by atoms with E-state index in [1.165, 1.54) is 16.5 Å². The fourth-order valence-corrected chi connectivity index (χ4v) is 1.76. The van der Waals surface area contributed by atoms with Gasteiger partial charge in [-0.2, -0.15) is 0 Å². The second kappa shape index (κ2) is 4.06. The van der Waals surface area contributed by atoms with Crippen molar-refractivity contribution >= 4 is 17.4 Å². The predicted octanol–water partition coefficient (Wildman–Crippen LogP) is 1.93. The van der Waals surface area contributed by atoms with E-state index in [-0.39, 0.29) is 0 Å². The van der Waals surface area contributed by atoms with Crippen LogP contribution in [0.25, 0.3) is 0 Å². The van der Waals surface area contributed by atoms with Gasteiger partial charge in [0.15, 0.2) is 0 Å². The first-order valence-corrected chi connectivity index (χ1v) is 4.29. The minimum Gasteiger partial charge on any atom is -0.211 e. The summed E-state index contributed by atoms with van der Waals surface area (Å²) in [6, 6.07) is 2.07. The molecule has 0 fully saturated rings. The minimum absolute atomic E-state index is 0.560. The van der Waals surface area contributed by atoms with Crippen molar-refractivity contribution in [2.75, 3.05) is 6.54 Å². The Labute approximate surface area is 69.6 Å². The molecule has 0 atom stereocenters. The summed E-state index contributed by atoms with van der Waals surface area (Å²) in [6.45, 7) is 2.63. The highest BCUT2D eigenvalue weighted by Crippen LogP contribution is 2.15. The lowest BCUT2D eigenvalue weighted by Crippen LogP contribution is -1.86. The van der Waals surface area contributed by atoms with Crippen LogP contribution in [0, 0.1) is 6.92 Å². The van der Waals surface area contributed by atoms with Crippen LogP contribution in [0.5, 0.6) is 0 Å². The van der Waals surface area contributed by atoms with Gasteiger partial charge in [0.1, 0.15) is 0 Å². The Morgan fingerprint density at radius 1 is 1.73 bits per heavy atom. The standard InChI is InChI=1S/C8H9NOS/c1-7-3-5-11-8(7)2-4-9-6-10/h3,5H,2,4H2,1H3. The molecule has 0 saturated heterocycles. The van der Waals surface area contributed by atoms with Crippen molar-refractivity contribution in [1.29, 1.82) is 0 Å². The van der Waals surface area contributed by atoms with Crippen molar-refractivity contribution in [2.45, 2.75) is 13.3 Å². The molecule has 0 amide bonds. The van der Waals surface area contributed by atoms with Gasteiger partial charge in [-0.3, -0.25) is 0 Å². The van der Waals surface area contributed by atoms with Crippen molar-refractivity contribution in [3.05, 3.63) is 21.9 Å². The molecule has 0 aliphatic rings. The van der Waals surface area contributed by atoms with Crippen LogP contribution in [-0.4, -0.2) is 12.6 Å². The second-order valence-electron chi connectivity index (χ2n) is 2.25. The van der Waals surface area contributed by atoms with Gasteiger partial charge in [-0.15, -0.1) is 11.3 Å². The van der Waals surface area contributed by atoms with Gasteiger partial charge in [0, 0.05) is 11.3 Å². The normalized spacial score (nSPS) is 9.18. The largest absolute Gasteiger partial charge is 0.234 e. The molecule has 1 heterocycles. The molecule has 0 spiro atoms. The molecule has 0 N–H and O–H groups in total. The molecular formula is C8H9NOS. The van der Waals surface area contributed by atoms with Gasteiger partial charge in [-0.25, -0.2) is 9.79 Å². The Morgan fingerprint density at radius 2 is 2.55 bits per heavy atom. The zero-order valence-electron chi connectivity index (χ0n) is 6.33. The van der Waals surface area contributed by atoms with Gasteiger partial charge in [-0.05, 0) is 23.9 Å². The van der Waals surface area contributed by atoms with Gasteiger partial charge in [0.05, 0.1) is 6.54 Å². The molecule has 58 valence electrons. The van der Waals surface area contributed by atoms with Crippen LogP contribution < -0.4 is 0 Å². The molecule has 1 aromatic heterocycles. The first-order valence-electron chi connectivity index (χ1n) is 3.41. The van der Waals surface area contributed by atoms with E-state index < -0.39 is 0 Å². The smallest absolute Gasteiger partial charge is 0.211 e. The summed E-state index contributed by atoms with van der Waals surface area (Å²) in [6.07, 6.45) is 2.39. The third kappa shape index (κ3) is 2.30. The molecular weight excluding hydrogens is 158 g/mol. The third-order valence-electron chi connectivity index (χ3n) is 1.48. The molecule has 2 nitrogen and oxygen atoms in total. The Morgan fingerprint density at radius 3 is 3.09 bits per heavy atom. The molecule has 1 aromatic rings. The summed E-state index contributed by atoms with van der Waals surface area (Å²) in [5.41, 5.74) is 1.29. The predicted molar refractivity (Wildman–Crippen MR) is 45.7 cm³/mol. The fraction of sp³-hybridized carbons (Fsp3) is 0.375. The van der Waals surface area contributed by atoms with Crippen LogP contribution >= 0.6 is 11.3 Å². The number of aliphatic imine (C=N–C) groups is 1. The van der Waals surface area contributed by atoms with E-state index in [2.05, 4.69) is 23.4 Å². The van der Waals surface area contributed by atoms with E-state index in [0.29, 0.717) is 6.54 Å². The number of thiophene rings is 1. The third-order valence-corrected chi connectivity index (χ3v) is 2.57. The molecule has 0 aliphatic carbocycles. The van der Waals surface area contributed by atoms with E-state index in [9.17, 15) is 4.79 Å². The summed E-state index contributed by atoms with van der Waals surface area (Å²) in [5.74, 6) is 0. The molecule has 1 rings (SSSR count). The van der Waals surface area contributed by atoms with E-state index in [4.69, 9.17) is 0 Å². The molecule has 0 radical (unpaired) electrons. The number of isocyanates is 1. The fourth-order valence-electron chi connectivity index (χ4n) is 0.863. The quantitative estimate of drug-likeness (QED) is 0.499. The minimum atomic E-state index is 0.560. The summed E-state index contributed by atoms with van der Waals surface area (Å²) in [5, 5.41) is 2.05. The topological polar surface area (TPSA) is 29.4 Å². The number of rotatable bonds is 3. The average molecular weight is 167 g/mol. The maximum atomic E-state index is 9.73. The van der Waals surface area contributed by atoms with Crippen LogP contribution in [-0.2, 0) is 11.2 Å². The Hall–Kier alpha value is -0.920. The zero-order valence-corrected chi connectivity index (χ0v) is 7.15. The molecule has 0 aliphatic heterocycles. The van der Waals surface area contributed by atoms with Crippen LogP contribution in [0.15, 0.2) is 16.4 Å². The number of nitrogens with zero attached hydrogens (tertiary/aromatic N) is 1. The SMILES string of the molecule is Cc1ccsc1CCN=C=O. The summed E-state index contributed by atoms with van der Waals surface area (Å²) >= 11 is 1.71. The second-order valence-corrected chi connectivity index (χ2v) is 3.25. The Bertz CT molecular complexity index is 273. The zero-order chi connectivity index (χ0) is 8.10. The van der Waals surface area contributed by atoms with Crippen LogP contribution in [0.2, 0.25) is 0 Å². The lowest BCUT2D eigenvalue weighted by Gasteiger charge is -1.92.